The van der Waals surface area contributed by atoms with Gasteiger partial charge in [-0.1, -0.05) is 44.5 Å². The molecule has 1 aromatic carbocycles. The first-order chi connectivity index (χ1) is 14.5. The molecule has 0 bridgehead atoms. The molecule has 1 amide bonds. The number of carbonyl (C=O) groups excluding carboxylic acids is 2. The van der Waals surface area contributed by atoms with Crippen molar-refractivity contribution in [3.8, 4) is 0 Å². The van der Waals surface area contributed by atoms with Gasteiger partial charge in [-0.2, -0.15) is 0 Å². The summed E-state index contributed by atoms with van der Waals surface area (Å²) in [5.74, 6) is 0.558. The second-order valence-electron chi connectivity index (χ2n) is 8.95. The first kappa shape index (κ1) is 21.1. The Morgan fingerprint density at radius 2 is 2.07 bits per heavy atom. The summed E-state index contributed by atoms with van der Waals surface area (Å²) >= 11 is 0. The second-order valence-corrected chi connectivity index (χ2v) is 8.95. The standard InChI is InChI=1S/C25H34N2O3/c1-5-13-27-21-11-9-8-10-20(21)25(24(27)29)12-14-26-16-17(6-2)19(15-22(25)26)18(7-3)23(28)30-4/h7-11,17,19,22H,5-6,12-16H2,1-4H3/b18-7+/t17-,19+,22+,25-/m1/s1. The molecule has 0 aromatic heterocycles. The molecule has 30 heavy (non-hydrogen) atoms. The van der Waals surface area contributed by atoms with E-state index >= 15 is 0 Å². The number of piperidine rings is 1. The number of para-hydroxylation sites is 1. The predicted molar refractivity (Wildman–Crippen MR) is 118 cm³/mol. The summed E-state index contributed by atoms with van der Waals surface area (Å²) < 4.78 is 5.11. The number of benzene rings is 1. The van der Waals surface area contributed by atoms with Gasteiger partial charge in [-0.3, -0.25) is 9.69 Å². The number of ether oxygens (including phenoxy) is 1. The lowest BCUT2D eigenvalue weighted by Crippen LogP contribution is -2.55. The average Bonchev–Trinajstić information content (AvgIpc) is 3.26. The van der Waals surface area contributed by atoms with E-state index in [1.54, 1.807) is 0 Å². The zero-order chi connectivity index (χ0) is 21.5. The highest BCUT2D eigenvalue weighted by Crippen LogP contribution is 2.54. The highest BCUT2D eigenvalue weighted by Gasteiger charge is 2.61. The van der Waals surface area contributed by atoms with Crippen LogP contribution < -0.4 is 4.90 Å². The van der Waals surface area contributed by atoms with Gasteiger partial charge in [-0.25, -0.2) is 4.79 Å². The van der Waals surface area contributed by atoms with E-state index < -0.39 is 5.41 Å². The lowest BCUT2D eigenvalue weighted by atomic mass is 9.67. The quantitative estimate of drug-likeness (QED) is 0.545. The van der Waals surface area contributed by atoms with Crippen LogP contribution in [0.5, 0.6) is 0 Å². The van der Waals surface area contributed by atoms with Gasteiger partial charge in [0.15, 0.2) is 0 Å². The minimum atomic E-state index is -0.488. The molecular weight excluding hydrogens is 376 g/mol. The number of hydrogen-bond acceptors (Lipinski definition) is 4. The first-order valence-electron chi connectivity index (χ1n) is 11.4. The summed E-state index contributed by atoms with van der Waals surface area (Å²) in [6.07, 6.45) is 5.57. The molecule has 5 nitrogen and oxygen atoms in total. The van der Waals surface area contributed by atoms with Crippen LogP contribution in [0, 0.1) is 11.8 Å². The Kier molecular flexibility index (Phi) is 5.75. The van der Waals surface area contributed by atoms with E-state index in [9.17, 15) is 9.59 Å². The van der Waals surface area contributed by atoms with Crippen LogP contribution in [-0.2, 0) is 19.7 Å². The maximum atomic E-state index is 13.9. The number of methoxy groups -OCH3 is 1. The molecule has 0 N–H and O–H groups in total. The molecule has 0 radical (unpaired) electrons. The summed E-state index contributed by atoms with van der Waals surface area (Å²) in [5, 5.41) is 0. The van der Waals surface area contributed by atoms with Crippen LogP contribution >= 0.6 is 0 Å². The fourth-order valence-electron chi connectivity index (χ4n) is 6.34. The zero-order valence-electron chi connectivity index (χ0n) is 18.7. The van der Waals surface area contributed by atoms with Gasteiger partial charge < -0.3 is 9.64 Å². The zero-order valence-corrected chi connectivity index (χ0v) is 18.7. The summed E-state index contributed by atoms with van der Waals surface area (Å²) in [4.78, 5) is 31.0. The van der Waals surface area contributed by atoms with Gasteiger partial charge >= 0.3 is 5.97 Å². The van der Waals surface area contributed by atoms with Crippen LogP contribution in [0.15, 0.2) is 35.9 Å². The fourth-order valence-corrected chi connectivity index (χ4v) is 6.34. The monoisotopic (exact) mass is 410 g/mol. The van der Waals surface area contributed by atoms with Gasteiger partial charge in [0.2, 0.25) is 5.91 Å². The van der Waals surface area contributed by atoms with Crippen molar-refractivity contribution in [1.29, 1.82) is 0 Å². The fraction of sp³-hybridized carbons (Fsp3) is 0.600. The van der Waals surface area contributed by atoms with E-state index in [0.717, 1.165) is 56.6 Å². The van der Waals surface area contributed by atoms with Crippen LogP contribution in [0.4, 0.5) is 5.69 Å². The number of nitrogens with zero attached hydrogens (tertiary/aromatic N) is 2. The third-order valence-corrected chi connectivity index (χ3v) is 7.72. The molecule has 0 aliphatic carbocycles. The number of hydrogen-bond donors (Lipinski definition) is 0. The van der Waals surface area contributed by atoms with E-state index in [4.69, 9.17) is 4.74 Å². The maximum Gasteiger partial charge on any atom is 0.333 e. The van der Waals surface area contributed by atoms with Crippen molar-refractivity contribution in [2.75, 3.05) is 31.6 Å². The largest absolute Gasteiger partial charge is 0.466 e. The number of fused-ring (bicyclic) bond motifs is 4. The van der Waals surface area contributed by atoms with Crippen molar-refractivity contribution >= 4 is 17.6 Å². The molecule has 3 aliphatic heterocycles. The molecule has 3 aliphatic rings. The van der Waals surface area contributed by atoms with Gasteiger partial charge in [0.05, 0.1) is 12.5 Å². The Hall–Kier alpha value is -2.14. The lowest BCUT2D eigenvalue weighted by Gasteiger charge is -2.45. The molecule has 162 valence electrons. The predicted octanol–water partition coefficient (Wildman–Crippen LogP) is 3.92. The summed E-state index contributed by atoms with van der Waals surface area (Å²) in [7, 11) is 1.46. The normalized spacial score (nSPS) is 31.2. The Morgan fingerprint density at radius 3 is 2.73 bits per heavy atom. The van der Waals surface area contributed by atoms with Gasteiger partial charge in [0, 0.05) is 30.4 Å². The lowest BCUT2D eigenvalue weighted by molar-refractivity contribution is -0.137. The smallest absolute Gasteiger partial charge is 0.333 e. The minimum absolute atomic E-state index is 0.125. The van der Waals surface area contributed by atoms with Crippen molar-refractivity contribution in [2.45, 2.75) is 57.9 Å². The average molecular weight is 411 g/mol. The summed E-state index contributed by atoms with van der Waals surface area (Å²) in [6, 6.07) is 8.48. The van der Waals surface area contributed by atoms with Crippen molar-refractivity contribution in [3.05, 3.63) is 41.5 Å². The number of amides is 1. The first-order valence-corrected chi connectivity index (χ1v) is 11.4. The van der Waals surface area contributed by atoms with Crippen LogP contribution in [-0.4, -0.2) is 49.6 Å². The van der Waals surface area contributed by atoms with E-state index in [1.165, 1.54) is 12.7 Å². The SMILES string of the molecule is C/C=C(/C(=O)OC)[C@H]1C[C@@H]2N(CC[C@]23C(=O)N(CCC)c2ccccc23)C[C@H]1CC. The van der Waals surface area contributed by atoms with Crippen LogP contribution in [0.3, 0.4) is 0 Å². The number of esters is 1. The van der Waals surface area contributed by atoms with Crippen molar-refractivity contribution < 1.29 is 14.3 Å². The van der Waals surface area contributed by atoms with Crippen molar-refractivity contribution in [2.24, 2.45) is 11.8 Å². The molecule has 0 saturated carbocycles. The van der Waals surface area contributed by atoms with Gasteiger partial charge in [0.25, 0.3) is 0 Å². The Bertz CT molecular complexity index is 864. The van der Waals surface area contributed by atoms with E-state index in [1.807, 2.05) is 24.0 Å². The van der Waals surface area contributed by atoms with Crippen molar-refractivity contribution in [1.82, 2.24) is 4.90 Å². The number of anilines is 1. The molecule has 2 saturated heterocycles. The minimum Gasteiger partial charge on any atom is -0.466 e. The molecule has 3 heterocycles. The summed E-state index contributed by atoms with van der Waals surface area (Å²) in [5.41, 5.74) is 2.55. The number of allylic oxidation sites excluding steroid dienone is 1. The molecule has 4 rings (SSSR count). The number of carbonyl (C=O) groups is 2. The van der Waals surface area contributed by atoms with Gasteiger partial charge in [-0.15, -0.1) is 0 Å². The van der Waals surface area contributed by atoms with Crippen LogP contribution in [0.1, 0.15) is 52.0 Å². The van der Waals surface area contributed by atoms with Crippen molar-refractivity contribution in [3.63, 3.8) is 0 Å². The Morgan fingerprint density at radius 1 is 1.30 bits per heavy atom. The highest BCUT2D eigenvalue weighted by molar-refractivity contribution is 6.09. The topological polar surface area (TPSA) is 49.9 Å². The third-order valence-electron chi connectivity index (χ3n) is 7.72. The molecule has 1 spiro atoms. The molecule has 2 fully saturated rings. The van der Waals surface area contributed by atoms with E-state index in [2.05, 4.69) is 36.9 Å². The van der Waals surface area contributed by atoms with Gasteiger partial charge in [0.1, 0.15) is 0 Å². The Labute approximate surface area is 180 Å². The molecule has 0 unspecified atom stereocenters. The summed E-state index contributed by atoms with van der Waals surface area (Å²) in [6.45, 7) is 8.89. The van der Waals surface area contributed by atoms with Crippen LogP contribution in [0.2, 0.25) is 0 Å². The Balaban J connectivity index is 1.76. The molecule has 4 atom stereocenters. The van der Waals surface area contributed by atoms with Gasteiger partial charge in [-0.05, 0) is 56.2 Å². The second kappa shape index (κ2) is 8.18. The third kappa shape index (κ3) is 2.93. The van der Waals surface area contributed by atoms with E-state index in [-0.39, 0.29) is 23.8 Å². The highest BCUT2D eigenvalue weighted by atomic mass is 16.5. The van der Waals surface area contributed by atoms with Crippen LogP contribution in [0.25, 0.3) is 0 Å². The molecule has 1 aromatic rings. The molecular formula is C25H34N2O3. The molecule has 5 heteroatoms. The maximum absolute atomic E-state index is 13.9. The number of rotatable bonds is 5. The van der Waals surface area contributed by atoms with E-state index in [0.29, 0.717) is 5.92 Å².